The Labute approximate surface area is 172 Å². The van der Waals surface area contributed by atoms with Gasteiger partial charge in [0, 0.05) is 0 Å². The van der Waals surface area contributed by atoms with E-state index in [4.69, 9.17) is 9.84 Å². The number of hydrogen-bond donors (Lipinski definition) is 2. The number of aliphatic hydroxyl groups is 2. The zero-order valence-corrected chi connectivity index (χ0v) is 18.3. The van der Waals surface area contributed by atoms with Crippen LogP contribution in [0, 0.1) is 5.92 Å². The summed E-state index contributed by atoms with van der Waals surface area (Å²) in [7, 11) is 0. The predicted octanol–water partition coefficient (Wildman–Crippen LogP) is 4.96. The van der Waals surface area contributed by atoms with Gasteiger partial charge in [-0.1, -0.05) is 96.8 Å². The number of unbranched alkanes of at least 4 members (excludes halogenated alkanes) is 13. The number of ketones is 1. The monoisotopic (exact) mass is 400 g/mol. The highest BCUT2D eigenvalue weighted by molar-refractivity contribution is 5.97. The third-order valence-corrected chi connectivity index (χ3v) is 5.25. The number of aliphatic hydroxyl groups excluding tert-OH is 2. The summed E-state index contributed by atoms with van der Waals surface area (Å²) in [4.78, 5) is 23.6. The fourth-order valence-corrected chi connectivity index (χ4v) is 3.36. The first-order chi connectivity index (χ1) is 13.5. The van der Waals surface area contributed by atoms with E-state index < -0.39 is 24.6 Å². The van der Waals surface area contributed by atoms with Crippen LogP contribution in [0.4, 0.5) is 0 Å². The van der Waals surface area contributed by atoms with Gasteiger partial charge in [0.2, 0.25) is 0 Å². The van der Waals surface area contributed by atoms with Crippen molar-refractivity contribution in [3.05, 3.63) is 0 Å². The Morgan fingerprint density at radius 3 is 1.61 bits per heavy atom. The normalized spacial score (nSPS) is 13.3. The molecular formula is C23H44O5. The summed E-state index contributed by atoms with van der Waals surface area (Å²) in [6, 6.07) is 0. The zero-order valence-electron chi connectivity index (χ0n) is 18.3. The lowest BCUT2D eigenvalue weighted by atomic mass is 9.97. The average Bonchev–Trinajstić information content (AvgIpc) is 2.68. The van der Waals surface area contributed by atoms with Gasteiger partial charge < -0.3 is 14.9 Å². The molecule has 0 aliphatic heterocycles. The summed E-state index contributed by atoms with van der Waals surface area (Å²) < 4.78 is 4.92. The first-order valence-electron chi connectivity index (χ1n) is 11.5. The van der Waals surface area contributed by atoms with Gasteiger partial charge in [-0.05, 0) is 13.3 Å². The molecule has 0 aliphatic rings. The van der Waals surface area contributed by atoms with Crippen LogP contribution in [0.15, 0.2) is 0 Å². The molecular weight excluding hydrogens is 356 g/mol. The molecule has 0 heterocycles. The minimum Gasteiger partial charge on any atom is -0.462 e. The van der Waals surface area contributed by atoms with E-state index in [2.05, 4.69) is 6.92 Å². The van der Waals surface area contributed by atoms with Crippen molar-refractivity contribution < 1.29 is 24.5 Å². The first-order valence-corrected chi connectivity index (χ1v) is 11.5. The second-order valence-corrected chi connectivity index (χ2v) is 8.01. The Bertz CT molecular complexity index is 383. The number of rotatable bonds is 20. The number of esters is 1. The number of carbonyl (C=O) groups excluding carboxylic acids is 2. The van der Waals surface area contributed by atoms with Gasteiger partial charge in [0.25, 0.3) is 0 Å². The van der Waals surface area contributed by atoms with E-state index in [0.717, 1.165) is 19.3 Å². The van der Waals surface area contributed by atoms with Crippen molar-refractivity contribution in [3.8, 4) is 0 Å². The first kappa shape index (κ1) is 27.1. The maximum atomic E-state index is 11.9. The van der Waals surface area contributed by atoms with E-state index in [0.29, 0.717) is 6.42 Å². The lowest BCUT2D eigenvalue weighted by molar-refractivity contribution is -0.155. The summed E-state index contributed by atoms with van der Waals surface area (Å²) >= 11 is 0. The molecule has 0 aliphatic carbocycles. The molecule has 2 unspecified atom stereocenters. The Kier molecular flexibility index (Phi) is 18.7. The summed E-state index contributed by atoms with van der Waals surface area (Å²) in [5.41, 5.74) is 0. The van der Waals surface area contributed by atoms with Gasteiger partial charge in [-0.2, -0.15) is 0 Å². The molecule has 0 amide bonds. The molecule has 2 atom stereocenters. The third kappa shape index (κ3) is 16.1. The standard InChI is InChI=1S/C23H44O5/c1-3-4-5-6-7-8-9-10-11-12-13-14-15-16-17-22(20(2)25)23(27)28-19-21(26)18-24/h21-22,24,26H,3-19H2,1-2H3. The molecule has 0 aromatic heterocycles. The SMILES string of the molecule is CCCCCCCCCCCCCCCCC(C(C)=O)C(=O)OCC(O)CO. The molecule has 5 heteroatoms. The molecule has 2 N–H and O–H groups in total. The zero-order chi connectivity index (χ0) is 21.0. The van der Waals surface area contributed by atoms with E-state index in [9.17, 15) is 14.7 Å². The topological polar surface area (TPSA) is 83.8 Å². The highest BCUT2D eigenvalue weighted by Crippen LogP contribution is 2.16. The Morgan fingerprint density at radius 1 is 0.786 bits per heavy atom. The van der Waals surface area contributed by atoms with Gasteiger partial charge in [-0.15, -0.1) is 0 Å². The molecule has 0 aromatic carbocycles. The third-order valence-electron chi connectivity index (χ3n) is 5.25. The molecule has 0 saturated carbocycles. The maximum absolute atomic E-state index is 11.9. The molecule has 0 radical (unpaired) electrons. The van der Waals surface area contributed by atoms with Crippen LogP contribution in [0.5, 0.6) is 0 Å². The fraction of sp³-hybridized carbons (Fsp3) is 0.913. The summed E-state index contributed by atoms with van der Waals surface area (Å²) in [5.74, 6) is -1.53. The fourth-order valence-electron chi connectivity index (χ4n) is 3.36. The van der Waals surface area contributed by atoms with Crippen molar-refractivity contribution in [1.82, 2.24) is 0 Å². The Balaban J connectivity index is 3.58. The van der Waals surface area contributed by atoms with E-state index in [1.807, 2.05) is 0 Å². The average molecular weight is 401 g/mol. The molecule has 0 spiro atoms. The molecule has 0 saturated heterocycles. The summed E-state index contributed by atoms with van der Waals surface area (Å²) in [6.07, 6.45) is 17.1. The molecule has 0 aromatic rings. The van der Waals surface area contributed by atoms with Crippen LogP contribution in [0.2, 0.25) is 0 Å². The second-order valence-electron chi connectivity index (χ2n) is 8.01. The van der Waals surface area contributed by atoms with Crippen molar-refractivity contribution in [2.45, 2.75) is 116 Å². The van der Waals surface area contributed by atoms with Gasteiger partial charge in [0.15, 0.2) is 0 Å². The van der Waals surface area contributed by atoms with Gasteiger partial charge in [0.1, 0.15) is 24.4 Å². The van der Waals surface area contributed by atoms with Crippen LogP contribution in [0.25, 0.3) is 0 Å². The van der Waals surface area contributed by atoms with Crippen LogP contribution in [-0.4, -0.2) is 41.3 Å². The van der Waals surface area contributed by atoms with E-state index in [1.165, 1.54) is 77.6 Å². The van der Waals surface area contributed by atoms with Crippen LogP contribution in [-0.2, 0) is 14.3 Å². The van der Waals surface area contributed by atoms with Gasteiger partial charge >= 0.3 is 5.97 Å². The molecule has 0 bridgehead atoms. The van der Waals surface area contributed by atoms with Crippen molar-refractivity contribution in [2.75, 3.05) is 13.2 Å². The van der Waals surface area contributed by atoms with Crippen LogP contribution in [0.1, 0.15) is 110 Å². The lowest BCUT2D eigenvalue weighted by Gasteiger charge is -2.14. The molecule has 0 rings (SSSR count). The van der Waals surface area contributed by atoms with Crippen molar-refractivity contribution >= 4 is 11.8 Å². The number of hydrogen-bond acceptors (Lipinski definition) is 5. The molecule has 166 valence electrons. The maximum Gasteiger partial charge on any atom is 0.316 e. The second kappa shape index (κ2) is 19.4. The van der Waals surface area contributed by atoms with Crippen LogP contribution >= 0.6 is 0 Å². The Hall–Kier alpha value is -0.940. The Morgan fingerprint density at radius 2 is 1.21 bits per heavy atom. The largest absolute Gasteiger partial charge is 0.462 e. The minimum absolute atomic E-state index is 0.196. The van der Waals surface area contributed by atoms with Crippen molar-refractivity contribution in [3.63, 3.8) is 0 Å². The number of ether oxygens (including phenoxy) is 1. The highest BCUT2D eigenvalue weighted by Gasteiger charge is 2.24. The van der Waals surface area contributed by atoms with Crippen LogP contribution < -0.4 is 0 Å². The van der Waals surface area contributed by atoms with E-state index in [-0.39, 0.29) is 12.4 Å². The molecule has 0 fully saturated rings. The van der Waals surface area contributed by atoms with E-state index >= 15 is 0 Å². The van der Waals surface area contributed by atoms with Gasteiger partial charge in [-0.25, -0.2) is 0 Å². The van der Waals surface area contributed by atoms with Crippen molar-refractivity contribution in [2.24, 2.45) is 5.92 Å². The molecule has 5 nitrogen and oxygen atoms in total. The molecule has 28 heavy (non-hydrogen) atoms. The summed E-state index contributed by atoms with van der Waals surface area (Å²) in [5, 5.41) is 18.0. The smallest absolute Gasteiger partial charge is 0.316 e. The van der Waals surface area contributed by atoms with Gasteiger partial charge in [0.05, 0.1) is 6.61 Å². The quantitative estimate of drug-likeness (QED) is 0.171. The number of Topliss-reactive ketones (excluding diaryl/α,β-unsaturated/α-hetero) is 1. The minimum atomic E-state index is -1.09. The number of carbonyl (C=O) groups is 2. The van der Waals surface area contributed by atoms with Gasteiger partial charge in [-0.3, -0.25) is 9.59 Å². The highest BCUT2D eigenvalue weighted by atomic mass is 16.5. The lowest BCUT2D eigenvalue weighted by Crippen LogP contribution is -2.29. The summed E-state index contributed by atoms with van der Waals surface area (Å²) in [6.45, 7) is 2.93. The van der Waals surface area contributed by atoms with Crippen LogP contribution in [0.3, 0.4) is 0 Å². The van der Waals surface area contributed by atoms with E-state index in [1.54, 1.807) is 0 Å². The van der Waals surface area contributed by atoms with Crippen molar-refractivity contribution in [1.29, 1.82) is 0 Å². The predicted molar refractivity (Wildman–Crippen MR) is 113 cm³/mol.